The molecule has 4 aromatic rings. The van der Waals surface area contributed by atoms with Gasteiger partial charge in [0, 0.05) is 22.8 Å². The molecule has 0 bridgehead atoms. The Bertz CT molecular complexity index is 1400. The zero-order valence-electron chi connectivity index (χ0n) is 18.5. The Balaban J connectivity index is 1.52. The van der Waals surface area contributed by atoms with Crippen molar-refractivity contribution in [3.63, 3.8) is 0 Å². The Labute approximate surface area is 206 Å². The van der Waals surface area contributed by atoms with Gasteiger partial charge in [-0.3, -0.25) is 19.0 Å². The lowest BCUT2D eigenvalue weighted by Gasteiger charge is -2.13. The summed E-state index contributed by atoms with van der Waals surface area (Å²) in [5.41, 5.74) is 2.69. The van der Waals surface area contributed by atoms with Gasteiger partial charge in [-0.25, -0.2) is 4.98 Å². The highest BCUT2D eigenvalue weighted by Crippen LogP contribution is 2.20. The van der Waals surface area contributed by atoms with Gasteiger partial charge in [0.2, 0.25) is 5.91 Å². The number of rotatable bonds is 8. The third kappa shape index (κ3) is 5.73. The van der Waals surface area contributed by atoms with E-state index in [4.69, 9.17) is 11.6 Å². The molecule has 1 N–H and O–H groups in total. The van der Waals surface area contributed by atoms with Crippen LogP contribution in [0.25, 0.3) is 10.9 Å². The fraction of sp³-hybridized carbons (Fsp3) is 0.154. The van der Waals surface area contributed by atoms with Crippen molar-refractivity contribution < 1.29 is 9.59 Å². The molecule has 0 atom stereocenters. The van der Waals surface area contributed by atoms with Gasteiger partial charge in [-0.15, -0.1) is 0 Å². The molecule has 3 aromatic carbocycles. The Morgan fingerprint density at radius 2 is 1.71 bits per heavy atom. The van der Waals surface area contributed by atoms with Gasteiger partial charge in [0.15, 0.2) is 10.9 Å². The fourth-order valence-electron chi connectivity index (χ4n) is 3.46. The molecular formula is C26H22ClN3O3S. The van der Waals surface area contributed by atoms with Crippen molar-refractivity contribution in [3.8, 4) is 0 Å². The van der Waals surface area contributed by atoms with E-state index in [1.807, 2.05) is 36.4 Å². The summed E-state index contributed by atoms with van der Waals surface area (Å²) in [6.07, 6.45) is 0.624. The second kappa shape index (κ2) is 10.7. The van der Waals surface area contributed by atoms with Crippen LogP contribution in [-0.2, 0) is 17.8 Å². The van der Waals surface area contributed by atoms with Crippen LogP contribution in [-0.4, -0.2) is 27.0 Å². The summed E-state index contributed by atoms with van der Waals surface area (Å²) >= 11 is 7.19. The van der Waals surface area contributed by atoms with E-state index in [0.29, 0.717) is 45.3 Å². The van der Waals surface area contributed by atoms with Gasteiger partial charge >= 0.3 is 0 Å². The number of anilines is 1. The van der Waals surface area contributed by atoms with Crippen LogP contribution >= 0.6 is 23.4 Å². The van der Waals surface area contributed by atoms with E-state index in [2.05, 4.69) is 10.3 Å². The van der Waals surface area contributed by atoms with Crippen molar-refractivity contribution in [2.75, 3.05) is 11.1 Å². The maximum Gasteiger partial charge on any atom is 0.262 e. The first kappa shape index (κ1) is 23.7. The fourth-order valence-corrected chi connectivity index (χ4v) is 4.41. The normalized spacial score (nSPS) is 10.9. The number of Topliss-reactive ketones (excluding diaryl/α,β-unsaturated/α-hetero) is 1. The van der Waals surface area contributed by atoms with Crippen LogP contribution in [0.3, 0.4) is 0 Å². The zero-order chi connectivity index (χ0) is 24.1. The van der Waals surface area contributed by atoms with Crippen molar-refractivity contribution >= 4 is 51.6 Å². The summed E-state index contributed by atoms with van der Waals surface area (Å²) in [5.74, 6) is -0.181. The highest BCUT2D eigenvalue weighted by atomic mass is 35.5. The summed E-state index contributed by atoms with van der Waals surface area (Å²) in [5, 5.41) is 4.50. The summed E-state index contributed by atoms with van der Waals surface area (Å²) in [6.45, 7) is 1.92. The first-order valence-electron chi connectivity index (χ1n) is 10.7. The first-order chi connectivity index (χ1) is 16.4. The molecule has 0 aliphatic carbocycles. The Hall–Kier alpha value is -3.42. The Morgan fingerprint density at radius 1 is 1.00 bits per heavy atom. The van der Waals surface area contributed by atoms with Crippen molar-refractivity contribution in [3.05, 3.63) is 99.3 Å². The summed E-state index contributed by atoms with van der Waals surface area (Å²) < 4.78 is 1.62. The van der Waals surface area contributed by atoms with Crippen LogP contribution in [0.4, 0.5) is 5.69 Å². The number of benzene rings is 3. The van der Waals surface area contributed by atoms with E-state index >= 15 is 0 Å². The number of hydrogen-bond donors (Lipinski definition) is 1. The van der Waals surface area contributed by atoms with Crippen molar-refractivity contribution in [1.29, 1.82) is 0 Å². The van der Waals surface area contributed by atoms with Crippen molar-refractivity contribution in [1.82, 2.24) is 9.55 Å². The lowest BCUT2D eigenvalue weighted by atomic mass is 10.1. The van der Waals surface area contributed by atoms with Crippen LogP contribution < -0.4 is 10.9 Å². The number of amides is 1. The quantitative estimate of drug-likeness (QED) is 0.207. The highest BCUT2D eigenvalue weighted by molar-refractivity contribution is 7.99. The molecule has 0 aliphatic heterocycles. The molecule has 1 amide bonds. The number of nitrogens with one attached hydrogen (secondary N) is 1. The molecule has 1 heterocycles. The molecule has 1 aromatic heterocycles. The summed E-state index contributed by atoms with van der Waals surface area (Å²) in [6, 6.07) is 21.4. The third-order valence-electron chi connectivity index (χ3n) is 5.27. The molecule has 6 nitrogen and oxygen atoms in total. The van der Waals surface area contributed by atoms with Crippen LogP contribution in [0.15, 0.2) is 82.7 Å². The second-order valence-corrected chi connectivity index (χ2v) is 9.09. The van der Waals surface area contributed by atoms with Gasteiger partial charge < -0.3 is 5.32 Å². The van der Waals surface area contributed by atoms with Crippen LogP contribution in [0, 0.1) is 0 Å². The van der Waals surface area contributed by atoms with E-state index in [1.54, 1.807) is 41.0 Å². The number of aromatic nitrogens is 2. The topological polar surface area (TPSA) is 81.1 Å². The monoisotopic (exact) mass is 491 g/mol. The molecule has 0 fully saturated rings. The van der Waals surface area contributed by atoms with Gasteiger partial charge in [0.25, 0.3) is 5.56 Å². The number of ketones is 1. The molecular weight excluding hydrogens is 470 g/mol. The Kier molecular flexibility index (Phi) is 7.45. The number of carbonyl (C=O) groups excluding carboxylic acids is 2. The molecule has 4 rings (SSSR count). The van der Waals surface area contributed by atoms with Gasteiger partial charge in [-0.05, 0) is 67.4 Å². The predicted octanol–water partition coefficient (Wildman–Crippen LogP) is 5.23. The maximum atomic E-state index is 13.2. The van der Waals surface area contributed by atoms with E-state index in [-0.39, 0.29) is 23.0 Å². The average molecular weight is 492 g/mol. The van der Waals surface area contributed by atoms with Crippen molar-refractivity contribution in [2.45, 2.75) is 25.0 Å². The number of nitrogens with zero attached hydrogens (tertiary/aromatic N) is 2. The molecule has 0 saturated carbocycles. The minimum atomic E-state index is -0.229. The van der Waals surface area contributed by atoms with Gasteiger partial charge in [-0.1, -0.05) is 47.6 Å². The molecule has 34 heavy (non-hydrogen) atoms. The van der Waals surface area contributed by atoms with Gasteiger partial charge in [0.1, 0.15) is 0 Å². The number of fused-ring (bicyclic) bond motifs is 1. The lowest BCUT2D eigenvalue weighted by Crippen LogP contribution is -2.25. The van der Waals surface area contributed by atoms with E-state index in [0.717, 1.165) is 5.56 Å². The molecule has 0 unspecified atom stereocenters. The highest BCUT2D eigenvalue weighted by Gasteiger charge is 2.14. The summed E-state index contributed by atoms with van der Waals surface area (Å²) in [7, 11) is 0. The molecule has 0 aliphatic rings. The van der Waals surface area contributed by atoms with Crippen LogP contribution in [0.1, 0.15) is 22.8 Å². The SMILES string of the molecule is CC(=O)c1ccc(NC(=O)CSc2nc3ccccc3c(=O)n2CCc2ccc(Cl)cc2)cc1. The number of thioether (sulfide) groups is 1. The average Bonchev–Trinajstić information content (AvgIpc) is 2.84. The van der Waals surface area contributed by atoms with E-state index < -0.39 is 0 Å². The predicted molar refractivity (Wildman–Crippen MR) is 137 cm³/mol. The largest absolute Gasteiger partial charge is 0.325 e. The molecule has 8 heteroatoms. The van der Waals surface area contributed by atoms with E-state index in [9.17, 15) is 14.4 Å². The molecule has 0 saturated heterocycles. The van der Waals surface area contributed by atoms with Crippen LogP contribution in [0.2, 0.25) is 5.02 Å². The van der Waals surface area contributed by atoms with Crippen molar-refractivity contribution in [2.24, 2.45) is 0 Å². The first-order valence-corrected chi connectivity index (χ1v) is 12.0. The molecule has 172 valence electrons. The minimum absolute atomic E-state index is 0.0348. The molecule has 0 spiro atoms. The number of hydrogen-bond acceptors (Lipinski definition) is 5. The van der Waals surface area contributed by atoms with Crippen LogP contribution in [0.5, 0.6) is 0 Å². The number of halogens is 1. The maximum absolute atomic E-state index is 13.2. The van der Waals surface area contributed by atoms with Gasteiger partial charge in [0.05, 0.1) is 16.7 Å². The molecule has 0 radical (unpaired) electrons. The smallest absolute Gasteiger partial charge is 0.262 e. The standard InChI is InChI=1S/C26H22ClN3O3S/c1-17(31)19-8-12-21(13-9-19)28-24(32)16-34-26-29-23-5-3-2-4-22(23)25(33)30(26)15-14-18-6-10-20(27)11-7-18/h2-13H,14-16H2,1H3,(H,28,32). The lowest BCUT2D eigenvalue weighted by molar-refractivity contribution is -0.113. The summed E-state index contributed by atoms with van der Waals surface area (Å²) in [4.78, 5) is 41.8. The number of aryl methyl sites for hydroxylation is 1. The second-order valence-electron chi connectivity index (χ2n) is 7.72. The number of para-hydroxylation sites is 1. The Morgan fingerprint density at radius 3 is 2.41 bits per heavy atom. The van der Waals surface area contributed by atoms with E-state index in [1.165, 1.54) is 18.7 Å². The van der Waals surface area contributed by atoms with Gasteiger partial charge in [-0.2, -0.15) is 0 Å². The number of carbonyl (C=O) groups is 2. The third-order valence-corrected chi connectivity index (χ3v) is 6.50. The minimum Gasteiger partial charge on any atom is -0.325 e. The zero-order valence-corrected chi connectivity index (χ0v) is 20.0.